The van der Waals surface area contributed by atoms with Crippen LogP contribution in [0.3, 0.4) is 0 Å². The molecule has 0 bridgehead atoms. The number of aryl methyl sites for hydroxylation is 2. The van der Waals surface area contributed by atoms with E-state index in [1.807, 2.05) is 24.3 Å². The van der Waals surface area contributed by atoms with E-state index < -0.39 is 37.3 Å². The number of benzene rings is 2. The van der Waals surface area contributed by atoms with Gasteiger partial charge in [0.25, 0.3) is 0 Å². The Balaban J connectivity index is 1.58. The SMILES string of the molecule is OC[C@H]1O[C@@H](O[C@H](CCCCc2ccc(O)cc2)CCc2ccc(O)cc2)[C@H](O)[C@@H](O)[C@@H]1O. The van der Waals surface area contributed by atoms with Crippen LogP contribution in [0.25, 0.3) is 0 Å². The summed E-state index contributed by atoms with van der Waals surface area (Å²) < 4.78 is 11.6. The maximum Gasteiger partial charge on any atom is 0.186 e. The van der Waals surface area contributed by atoms with Gasteiger partial charge in [0.05, 0.1) is 12.7 Å². The lowest BCUT2D eigenvalue weighted by molar-refractivity contribution is -0.312. The maximum atomic E-state index is 10.3. The molecule has 0 aliphatic carbocycles. The lowest BCUT2D eigenvalue weighted by atomic mass is 9.98. The summed E-state index contributed by atoms with van der Waals surface area (Å²) in [5, 5.41) is 58.7. The van der Waals surface area contributed by atoms with E-state index >= 15 is 0 Å². The van der Waals surface area contributed by atoms with Crippen LogP contribution < -0.4 is 0 Å². The molecule has 8 nitrogen and oxygen atoms in total. The lowest BCUT2D eigenvalue weighted by Crippen LogP contribution is -2.59. The van der Waals surface area contributed by atoms with Crippen molar-refractivity contribution in [3.8, 4) is 11.5 Å². The van der Waals surface area contributed by atoms with Crippen molar-refractivity contribution in [2.75, 3.05) is 6.61 Å². The monoisotopic (exact) mass is 462 g/mol. The third kappa shape index (κ3) is 7.40. The largest absolute Gasteiger partial charge is 0.508 e. The number of hydrogen-bond donors (Lipinski definition) is 6. The van der Waals surface area contributed by atoms with Gasteiger partial charge in [0.15, 0.2) is 6.29 Å². The zero-order valence-electron chi connectivity index (χ0n) is 18.5. The minimum absolute atomic E-state index is 0.196. The summed E-state index contributed by atoms with van der Waals surface area (Å²) in [6, 6.07) is 14.0. The molecular weight excluding hydrogens is 428 g/mol. The predicted octanol–water partition coefficient (Wildman–Crippen LogP) is 1.63. The molecule has 1 heterocycles. The Kier molecular flexibility index (Phi) is 9.49. The van der Waals surface area contributed by atoms with Crippen molar-refractivity contribution >= 4 is 0 Å². The highest BCUT2D eigenvalue weighted by Crippen LogP contribution is 2.26. The first-order chi connectivity index (χ1) is 15.9. The Morgan fingerprint density at radius 1 is 0.727 bits per heavy atom. The van der Waals surface area contributed by atoms with Gasteiger partial charge in [-0.05, 0) is 67.5 Å². The number of unbranched alkanes of at least 4 members (excludes halogenated alkanes) is 1. The van der Waals surface area contributed by atoms with E-state index in [1.165, 1.54) is 0 Å². The first-order valence-electron chi connectivity index (χ1n) is 11.4. The maximum absolute atomic E-state index is 10.3. The molecule has 182 valence electrons. The Labute approximate surface area is 193 Å². The van der Waals surface area contributed by atoms with Crippen LogP contribution in [0, 0.1) is 0 Å². The Hall–Kier alpha value is -2.20. The molecule has 0 radical (unpaired) electrons. The summed E-state index contributed by atoms with van der Waals surface area (Å²) in [6.45, 7) is -0.504. The lowest BCUT2D eigenvalue weighted by Gasteiger charge is -2.41. The van der Waals surface area contributed by atoms with Crippen LogP contribution in [0.2, 0.25) is 0 Å². The summed E-state index contributed by atoms with van der Waals surface area (Å²) in [6.07, 6.45) is -2.22. The molecule has 8 heteroatoms. The molecule has 2 aromatic carbocycles. The second kappa shape index (κ2) is 12.3. The van der Waals surface area contributed by atoms with E-state index in [0.717, 1.165) is 30.4 Å². The molecule has 0 saturated carbocycles. The molecule has 33 heavy (non-hydrogen) atoms. The number of aromatic hydroxyl groups is 2. The minimum atomic E-state index is -1.48. The fraction of sp³-hybridized carbons (Fsp3) is 0.520. The number of rotatable bonds is 11. The summed E-state index contributed by atoms with van der Waals surface area (Å²) in [5.74, 6) is 0.433. The van der Waals surface area contributed by atoms with Crippen molar-refractivity contribution in [1.82, 2.24) is 0 Å². The molecule has 3 rings (SSSR count). The third-order valence-corrected chi connectivity index (χ3v) is 6.04. The van der Waals surface area contributed by atoms with Gasteiger partial charge in [-0.3, -0.25) is 0 Å². The number of aliphatic hydroxyl groups excluding tert-OH is 4. The molecule has 0 amide bonds. The summed E-state index contributed by atoms with van der Waals surface area (Å²) in [7, 11) is 0. The normalized spacial score (nSPS) is 26.2. The molecular formula is C25H34O8. The van der Waals surface area contributed by atoms with Crippen molar-refractivity contribution in [3.05, 3.63) is 59.7 Å². The van der Waals surface area contributed by atoms with Gasteiger partial charge >= 0.3 is 0 Å². The van der Waals surface area contributed by atoms with Crippen molar-refractivity contribution in [3.63, 3.8) is 0 Å². The smallest absolute Gasteiger partial charge is 0.186 e. The molecule has 2 aromatic rings. The Morgan fingerprint density at radius 2 is 1.30 bits per heavy atom. The van der Waals surface area contributed by atoms with Crippen LogP contribution in [0.15, 0.2) is 48.5 Å². The van der Waals surface area contributed by atoms with Crippen molar-refractivity contribution in [2.45, 2.75) is 75.3 Å². The van der Waals surface area contributed by atoms with Crippen LogP contribution >= 0.6 is 0 Å². The number of ether oxygens (including phenoxy) is 2. The average molecular weight is 463 g/mol. The van der Waals surface area contributed by atoms with E-state index in [-0.39, 0.29) is 17.6 Å². The Bertz CT molecular complexity index is 823. The molecule has 0 unspecified atom stereocenters. The second-order valence-electron chi connectivity index (χ2n) is 8.57. The van der Waals surface area contributed by atoms with Gasteiger partial charge in [-0.2, -0.15) is 0 Å². The summed E-state index contributed by atoms with van der Waals surface area (Å²) >= 11 is 0. The fourth-order valence-corrected chi connectivity index (χ4v) is 4.00. The van der Waals surface area contributed by atoms with Gasteiger partial charge in [-0.15, -0.1) is 0 Å². The number of phenols is 2. The van der Waals surface area contributed by atoms with Gasteiger partial charge in [0, 0.05) is 0 Å². The number of hydrogen-bond acceptors (Lipinski definition) is 8. The van der Waals surface area contributed by atoms with Crippen LogP contribution in [0.4, 0.5) is 0 Å². The highest BCUT2D eigenvalue weighted by molar-refractivity contribution is 5.26. The van der Waals surface area contributed by atoms with Gasteiger partial charge < -0.3 is 40.1 Å². The van der Waals surface area contributed by atoms with Gasteiger partial charge in [-0.25, -0.2) is 0 Å². The predicted molar refractivity (Wildman–Crippen MR) is 121 cm³/mol. The van der Waals surface area contributed by atoms with E-state index in [9.17, 15) is 30.6 Å². The van der Waals surface area contributed by atoms with Crippen molar-refractivity contribution in [1.29, 1.82) is 0 Å². The molecule has 1 fully saturated rings. The Morgan fingerprint density at radius 3 is 1.88 bits per heavy atom. The van der Waals surface area contributed by atoms with E-state index in [0.29, 0.717) is 19.3 Å². The molecule has 1 saturated heterocycles. The van der Waals surface area contributed by atoms with Crippen LogP contribution in [-0.2, 0) is 22.3 Å². The first kappa shape index (κ1) is 25.4. The quantitative estimate of drug-likeness (QED) is 0.277. The second-order valence-corrected chi connectivity index (χ2v) is 8.57. The molecule has 0 aromatic heterocycles. The third-order valence-electron chi connectivity index (χ3n) is 6.04. The van der Waals surface area contributed by atoms with Crippen LogP contribution in [0.5, 0.6) is 11.5 Å². The molecule has 1 aliphatic heterocycles. The highest BCUT2D eigenvalue weighted by Gasteiger charge is 2.44. The molecule has 6 N–H and O–H groups in total. The molecule has 0 spiro atoms. The summed E-state index contributed by atoms with van der Waals surface area (Å²) in [5.41, 5.74) is 2.16. The standard InChI is InChI=1S/C25H34O8/c26-15-21-22(29)23(30)24(31)25(33-21)32-20(14-9-17-7-12-19(28)13-8-17)4-2-1-3-16-5-10-18(27)11-6-16/h5-8,10-13,20-31H,1-4,9,14-15H2/t20-,21-,22-,23+,24-,25-/m1/s1. The van der Waals surface area contributed by atoms with Crippen molar-refractivity contribution < 1.29 is 40.1 Å². The molecule has 1 aliphatic rings. The molecule has 6 atom stereocenters. The van der Waals surface area contributed by atoms with Gasteiger partial charge in [-0.1, -0.05) is 30.7 Å². The number of phenolic OH excluding ortho intramolecular Hbond substituents is 2. The topological polar surface area (TPSA) is 140 Å². The minimum Gasteiger partial charge on any atom is -0.508 e. The number of aliphatic hydroxyl groups is 4. The van der Waals surface area contributed by atoms with E-state index in [1.54, 1.807) is 24.3 Å². The zero-order chi connectivity index (χ0) is 23.8. The van der Waals surface area contributed by atoms with Crippen LogP contribution in [0.1, 0.15) is 36.8 Å². The first-order valence-corrected chi connectivity index (χ1v) is 11.4. The van der Waals surface area contributed by atoms with E-state index in [4.69, 9.17) is 9.47 Å². The average Bonchev–Trinajstić information content (AvgIpc) is 2.82. The van der Waals surface area contributed by atoms with E-state index in [2.05, 4.69) is 0 Å². The summed E-state index contributed by atoms with van der Waals surface area (Å²) in [4.78, 5) is 0. The fourth-order valence-electron chi connectivity index (χ4n) is 4.00. The van der Waals surface area contributed by atoms with Crippen molar-refractivity contribution in [2.24, 2.45) is 0 Å². The van der Waals surface area contributed by atoms with Gasteiger partial charge in [0.1, 0.15) is 35.9 Å². The van der Waals surface area contributed by atoms with Gasteiger partial charge in [0.2, 0.25) is 0 Å². The zero-order valence-corrected chi connectivity index (χ0v) is 18.5. The highest BCUT2D eigenvalue weighted by atomic mass is 16.7. The van der Waals surface area contributed by atoms with Crippen LogP contribution in [-0.4, -0.2) is 74.1 Å².